The lowest BCUT2D eigenvalue weighted by Crippen LogP contribution is -2.72. The number of benzene rings is 2. The summed E-state index contributed by atoms with van der Waals surface area (Å²) in [5, 5.41) is 3.81. The van der Waals surface area contributed by atoms with E-state index >= 15 is 0 Å². The lowest BCUT2D eigenvalue weighted by atomic mass is 10.2. The Bertz CT molecular complexity index is 685. The molecule has 106 valence electrons. The quantitative estimate of drug-likeness (QED) is 0.896. The van der Waals surface area contributed by atoms with E-state index in [1.807, 2.05) is 54.6 Å². The molecule has 0 bridgehead atoms. The molecule has 2 aromatic rings. The molecule has 3 rings (SSSR count). The van der Waals surface area contributed by atoms with Crippen molar-refractivity contribution >= 4 is 29.2 Å². The third kappa shape index (κ3) is 3.06. The Labute approximate surface area is 128 Å². The zero-order valence-corrected chi connectivity index (χ0v) is 12.1. The monoisotopic (exact) mass is 300 g/mol. The van der Waals surface area contributed by atoms with E-state index in [2.05, 4.69) is 10.3 Å². The molecule has 2 N–H and O–H groups in total. The second-order valence-corrected chi connectivity index (χ2v) is 5.18. The van der Waals surface area contributed by atoms with Crippen LogP contribution in [0, 0.1) is 0 Å². The number of hydrogen-bond acceptors (Lipinski definition) is 2. The molecular weight excluding hydrogens is 286 g/mol. The van der Waals surface area contributed by atoms with Gasteiger partial charge in [-0.15, -0.1) is 0 Å². The van der Waals surface area contributed by atoms with Crippen LogP contribution in [-0.2, 0) is 11.3 Å². The average Bonchev–Trinajstić information content (AvgIpc) is 2.84. The molecule has 21 heavy (non-hydrogen) atoms. The SMILES string of the molecule is O=C1C[NH+]=C(Nc2ccccc2Cl)N1Cc1ccccc1. The Morgan fingerprint density at radius 3 is 2.57 bits per heavy atom. The summed E-state index contributed by atoms with van der Waals surface area (Å²) >= 11 is 6.14. The van der Waals surface area contributed by atoms with Crippen molar-refractivity contribution in [3.63, 3.8) is 0 Å². The molecule has 0 unspecified atom stereocenters. The van der Waals surface area contributed by atoms with Crippen molar-refractivity contribution in [3.05, 3.63) is 65.2 Å². The van der Waals surface area contributed by atoms with Gasteiger partial charge in [0.1, 0.15) is 12.2 Å². The number of para-hydroxylation sites is 1. The Morgan fingerprint density at radius 2 is 1.81 bits per heavy atom. The largest absolute Gasteiger partial charge is 0.358 e. The minimum absolute atomic E-state index is 0.0356. The molecule has 1 heterocycles. The first-order valence-electron chi connectivity index (χ1n) is 6.71. The Balaban J connectivity index is 1.78. The van der Waals surface area contributed by atoms with Gasteiger partial charge in [0.05, 0.1) is 5.02 Å². The van der Waals surface area contributed by atoms with Gasteiger partial charge in [0.2, 0.25) is 0 Å². The fourth-order valence-electron chi connectivity index (χ4n) is 2.21. The van der Waals surface area contributed by atoms with Crippen molar-refractivity contribution in [3.8, 4) is 0 Å². The van der Waals surface area contributed by atoms with Crippen molar-refractivity contribution in [2.75, 3.05) is 11.9 Å². The Morgan fingerprint density at radius 1 is 1.10 bits per heavy atom. The molecule has 0 aromatic heterocycles. The number of anilines is 1. The van der Waals surface area contributed by atoms with Crippen LogP contribution in [0.15, 0.2) is 54.6 Å². The van der Waals surface area contributed by atoms with E-state index in [1.165, 1.54) is 0 Å². The van der Waals surface area contributed by atoms with Gasteiger partial charge < -0.3 is 0 Å². The van der Waals surface area contributed by atoms with Crippen LogP contribution in [0.1, 0.15) is 5.56 Å². The van der Waals surface area contributed by atoms with Crippen LogP contribution in [-0.4, -0.2) is 23.3 Å². The second-order valence-electron chi connectivity index (χ2n) is 4.77. The van der Waals surface area contributed by atoms with Crippen LogP contribution < -0.4 is 10.3 Å². The summed E-state index contributed by atoms with van der Waals surface area (Å²) in [7, 11) is 0. The van der Waals surface area contributed by atoms with Gasteiger partial charge in [-0.1, -0.05) is 54.1 Å². The number of amides is 1. The van der Waals surface area contributed by atoms with Gasteiger partial charge in [0, 0.05) is 0 Å². The van der Waals surface area contributed by atoms with Crippen molar-refractivity contribution in [2.24, 2.45) is 0 Å². The van der Waals surface area contributed by atoms with Crippen LogP contribution in [0.5, 0.6) is 0 Å². The van der Waals surface area contributed by atoms with Crippen molar-refractivity contribution in [1.29, 1.82) is 0 Å². The lowest BCUT2D eigenvalue weighted by Gasteiger charge is -2.13. The average molecular weight is 301 g/mol. The maximum Gasteiger partial charge on any atom is 0.358 e. The topological polar surface area (TPSA) is 46.3 Å². The maximum absolute atomic E-state index is 12.0. The molecule has 0 spiro atoms. The molecule has 1 aliphatic heterocycles. The summed E-state index contributed by atoms with van der Waals surface area (Å²) in [5.41, 5.74) is 1.85. The minimum Gasteiger partial charge on any atom is -0.266 e. The zero-order chi connectivity index (χ0) is 14.7. The number of nitrogens with one attached hydrogen (secondary N) is 2. The summed E-state index contributed by atoms with van der Waals surface area (Å²) in [5.74, 6) is 0.699. The number of guanidine groups is 1. The Hall–Kier alpha value is -2.33. The van der Waals surface area contributed by atoms with Crippen LogP contribution in [0.4, 0.5) is 5.69 Å². The summed E-state index contributed by atoms with van der Waals surface area (Å²) in [4.78, 5) is 16.8. The Kier molecular flexibility index (Phi) is 3.88. The van der Waals surface area contributed by atoms with E-state index in [9.17, 15) is 4.79 Å². The number of carbonyl (C=O) groups excluding carboxylic acids is 1. The summed E-state index contributed by atoms with van der Waals surface area (Å²) in [6.45, 7) is 0.819. The highest BCUT2D eigenvalue weighted by molar-refractivity contribution is 6.33. The van der Waals surface area contributed by atoms with E-state index in [-0.39, 0.29) is 5.91 Å². The van der Waals surface area contributed by atoms with E-state index in [1.54, 1.807) is 4.90 Å². The van der Waals surface area contributed by atoms with Gasteiger partial charge in [0.15, 0.2) is 6.54 Å². The number of carbonyl (C=O) groups is 1. The smallest absolute Gasteiger partial charge is 0.266 e. The second kappa shape index (κ2) is 5.97. The van der Waals surface area contributed by atoms with Crippen LogP contribution in [0.25, 0.3) is 0 Å². The zero-order valence-electron chi connectivity index (χ0n) is 11.3. The molecule has 0 fully saturated rings. The third-order valence-corrected chi connectivity index (χ3v) is 3.62. The van der Waals surface area contributed by atoms with E-state index in [0.717, 1.165) is 11.3 Å². The summed E-state index contributed by atoms with van der Waals surface area (Å²) < 4.78 is 0. The lowest BCUT2D eigenvalue weighted by molar-refractivity contribution is -0.438. The predicted molar refractivity (Wildman–Crippen MR) is 82.9 cm³/mol. The molecule has 0 saturated heterocycles. The van der Waals surface area contributed by atoms with E-state index in [4.69, 9.17) is 11.6 Å². The van der Waals surface area contributed by atoms with E-state index in [0.29, 0.717) is 24.1 Å². The molecule has 0 radical (unpaired) electrons. The number of nitrogens with zero attached hydrogens (tertiary/aromatic N) is 1. The summed E-state index contributed by atoms with van der Waals surface area (Å²) in [6.07, 6.45) is 0. The van der Waals surface area contributed by atoms with Crippen molar-refractivity contribution in [2.45, 2.75) is 6.54 Å². The molecule has 0 aliphatic carbocycles. The molecule has 0 atom stereocenters. The normalized spacial score (nSPS) is 14.2. The van der Waals surface area contributed by atoms with E-state index < -0.39 is 0 Å². The predicted octanol–water partition coefficient (Wildman–Crippen LogP) is 1.23. The van der Waals surface area contributed by atoms with Crippen LogP contribution in [0.3, 0.4) is 0 Å². The van der Waals surface area contributed by atoms with Gasteiger partial charge in [-0.3, -0.25) is 9.79 Å². The number of halogens is 1. The van der Waals surface area contributed by atoms with Crippen LogP contribution >= 0.6 is 11.6 Å². The molecule has 1 aliphatic rings. The maximum atomic E-state index is 12.0. The van der Waals surface area contributed by atoms with Gasteiger partial charge >= 0.3 is 11.9 Å². The first-order valence-corrected chi connectivity index (χ1v) is 7.08. The molecule has 2 aromatic carbocycles. The molecule has 4 nitrogen and oxygen atoms in total. The fraction of sp³-hybridized carbons (Fsp3) is 0.125. The highest BCUT2D eigenvalue weighted by Crippen LogP contribution is 2.20. The van der Waals surface area contributed by atoms with Crippen molar-refractivity contribution in [1.82, 2.24) is 4.90 Å². The molecule has 5 heteroatoms. The highest BCUT2D eigenvalue weighted by Gasteiger charge is 2.33. The molecule has 1 amide bonds. The first-order chi connectivity index (χ1) is 10.2. The highest BCUT2D eigenvalue weighted by atomic mass is 35.5. The summed E-state index contributed by atoms with van der Waals surface area (Å²) in [6, 6.07) is 17.3. The molecule has 0 saturated carbocycles. The third-order valence-electron chi connectivity index (χ3n) is 3.29. The van der Waals surface area contributed by atoms with Gasteiger partial charge in [0.25, 0.3) is 0 Å². The number of rotatable bonds is 3. The standard InChI is InChI=1S/C16H14ClN3O/c17-13-8-4-5-9-14(13)19-16-18-10-15(21)20(16)11-12-6-2-1-3-7-12/h1-9H,10-11H2,(H,18,19)/p+1. The number of hydrogen-bond donors (Lipinski definition) is 2. The minimum atomic E-state index is 0.0356. The van der Waals surface area contributed by atoms with Gasteiger partial charge in [-0.05, 0) is 17.7 Å². The fourth-order valence-corrected chi connectivity index (χ4v) is 2.39. The van der Waals surface area contributed by atoms with Gasteiger partial charge in [-0.2, -0.15) is 4.90 Å². The van der Waals surface area contributed by atoms with Crippen molar-refractivity contribution < 1.29 is 9.79 Å². The van der Waals surface area contributed by atoms with Crippen LogP contribution in [0.2, 0.25) is 5.02 Å². The first kappa shape index (κ1) is 13.6. The molecular formula is C16H15ClN3O+. The van der Waals surface area contributed by atoms with Gasteiger partial charge in [-0.25, -0.2) is 5.32 Å².